The first-order valence-electron chi connectivity index (χ1n) is 8.54. The van der Waals surface area contributed by atoms with Gasteiger partial charge in [0.2, 0.25) is 5.91 Å². The molecule has 1 amide bonds. The molecule has 0 unspecified atom stereocenters. The van der Waals surface area contributed by atoms with E-state index in [0.717, 1.165) is 32.4 Å². The molecule has 0 saturated heterocycles. The fourth-order valence-corrected chi connectivity index (χ4v) is 3.67. The zero-order chi connectivity index (χ0) is 18.8. The third-order valence-electron chi connectivity index (χ3n) is 4.46. The highest BCUT2D eigenvalue weighted by Crippen LogP contribution is 2.37. The topological polar surface area (TPSA) is 50.7 Å². The number of methoxy groups -OCH3 is 1. The lowest BCUT2D eigenvalue weighted by Gasteiger charge is -2.16. The van der Waals surface area contributed by atoms with Crippen LogP contribution in [0, 0.1) is 0 Å². The molecule has 0 bridgehead atoms. The lowest BCUT2D eigenvalue weighted by molar-refractivity contribution is -0.114. The summed E-state index contributed by atoms with van der Waals surface area (Å²) >= 11 is 3.61. The van der Waals surface area contributed by atoms with Gasteiger partial charge in [0.1, 0.15) is 12.3 Å². The van der Waals surface area contributed by atoms with Gasteiger partial charge >= 0.3 is 0 Å². The van der Waals surface area contributed by atoms with Crippen molar-refractivity contribution in [2.24, 2.45) is 4.99 Å². The minimum absolute atomic E-state index is 0.0777. The first kappa shape index (κ1) is 17.5. The number of hydrogen-bond donors (Lipinski definition) is 1. The third-order valence-corrected chi connectivity index (χ3v) is 5.15. The number of aliphatic imine (C=N–C) groups is 1. The molecule has 0 radical (unpaired) electrons. The lowest BCUT2D eigenvalue weighted by Crippen LogP contribution is -2.13. The number of ether oxygens (including phenoxy) is 1. The summed E-state index contributed by atoms with van der Waals surface area (Å²) in [6.45, 7) is 0.0777. The zero-order valence-electron chi connectivity index (χ0n) is 14.7. The number of benzene rings is 3. The monoisotopic (exact) mass is 420 g/mol. The van der Waals surface area contributed by atoms with Crippen LogP contribution in [0.2, 0.25) is 0 Å². The number of fused-ring (bicyclic) bond motifs is 1. The van der Waals surface area contributed by atoms with Crippen LogP contribution in [0.15, 0.2) is 76.2 Å². The predicted octanol–water partition coefficient (Wildman–Crippen LogP) is 4.91. The van der Waals surface area contributed by atoms with Gasteiger partial charge in [-0.2, -0.15) is 0 Å². The number of anilines is 1. The molecule has 1 aliphatic heterocycles. The first-order valence-corrected chi connectivity index (χ1v) is 9.33. The molecule has 0 saturated carbocycles. The van der Waals surface area contributed by atoms with E-state index in [9.17, 15) is 4.79 Å². The fourth-order valence-electron chi connectivity index (χ4n) is 3.20. The summed E-state index contributed by atoms with van der Waals surface area (Å²) in [5, 5.41) is 2.95. The van der Waals surface area contributed by atoms with E-state index in [-0.39, 0.29) is 12.5 Å². The normalized spacial score (nSPS) is 13.3. The Kier molecular flexibility index (Phi) is 4.77. The Morgan fingerprint density at radius 1 is 0.963 bits per heavy atom. The maximum atomic E-state index is 12.2. The highest BCUT2D eigenvalue weighted by atomic mass is 79.9. The van der Waals surface area contributed by atoms with Crippen molar-refractivity contribution in [1.29, 1.82) is 0 Å². The standard InChI is InChI=1S/C22H17BrN2O2/c1-27-20-12-19-17(11-16(20)14-7-3-2-4-8-14)22(24-13-21(26)25-19)15-9-5-6-10-18(15)23/h2-12H,13H2,1H3,(H,25,26). The molecule has 1 N–H and O–H groups in total. The molecule has 27 heavy (non-hydrogen) atoms. The van der Waals surface area contributed by atoms with E-state index in [1.807, 2.05) is 66.7 Å². The van der Waals surface area contributed by atoms with Crippen molar-refractivity contribution in [3.63, 3.8) is 0 Å². The smallest absolute Gasteiger partial charge is 0.246 e. The molecule has 4 nitrogen and oxygen atoms in total. The van der Waals surface area contributed by atoms with E-state index in [1.165, 1.54) is 0 Å². The van der Waals surface area contributed by atoms with Crippen LogP contribution in [-0.4, -0.2) is 25.3 Å². The Morgan fingerprint density at radius 2 is 1.70 bits per heavy atom. The van der Waals surface area contributed by atoms with E-state index >= 15 is 0 Å². The molecule has 3 aromatic carbocycles. The van der Waals surface area contributed by atoms with Crippen LogP contribution in [0.1, 0.15) is 11.1 Å². The number of carbonyl (C=O) groups excluding carboxylic acids is 1. The second-order valence-electron chi connectivity index (χ2n) is 6.16. The Bertz CT molecular complexity index is 1050. The Morgan fingerprint density at radius 3 is 2.44 bits per heavy atom. The molecule has 0 spiro atoms. The summed E-state index contributed by atoms with van der Waals surface area (Å²) in [6.07, 6.45) is 0. The van der Waals surface area contributed by atoms with Crippen molar-refractivity contribution in [2.75, 3.05) is 19.0 Å². The SMILES string of the molecule is COc1cc2c(cc1-c1ccccc1)C(c1ccccc1Br)=NCC(=O)N2. The maximum Gasteiger partial charge on any atom is 0.246 e. The minimum atomic E-state index is -0.146. The van der Waals surface area contributed by atoms with Crippen molar-refractivity contribution in [3.8, 4) is 16.9 Å². The van der Waals surface area contributed by atoms with Gasteiger partial charge in [-0.25, -0.2) is 0 Å². The van der Waals surface area contributed by atoms with Gasteiger partial charge in [0.25, 0.3) is 0 Å². The first-order chi connectivity index (χ1) is 13.2. The van der Waals surface area contributed by atoms with Gasteiger partial charge in [-0.15, -0.1) is 0 Å². The number of hydrogen-bond acceptors (Lipinski definition) is 3. The van der Waals surface area contributed by atoms with Gasteiger partial charge in [0.15, 0.2) is 0 Å². The van der Waals surface area contributed by atoms with E-state index in [1.54, 1.807) is 7.11 Å². The van der Waals surface area contributed by atoms with Gasteiger partial charge in [0, 0.05) is 27.2 Å². The number of nitrogens with one attached hydrogen (secondary N) is 1. The van der Waals surface area contributed by atoms with Crippen LogP contribution in [-0.2, 0) is 4.79 Å². The lowest BCUT2D eigenvalue weighted by atomic mass is 9.95. The van der Waals surface area contributed by atoms with Gasteiger partial charge in [-0.05, 0) is 17.7 Å². The molecule has 0 aliphatic carbocycles. The molecule has 134 valence electrons. The van der Waals surface area contributed by atoms with Crippen molar-refractivity contribution < 1.29 is 9.53 Å². The van der Waals surface area contributed by atoms with E-state index in [2.05, 4.69) is 26.2 Å². The number of nitrogens with zero attached hydrogens (tertiary/aromatic N) is 1. The molecular weight excluding hydrogens is 404 g/mol. The molecule has 3 aromatic rings. The van der Waals surface area contributed by atoms with Crippen molar-refractivity contribution in [3.05, 3.63) is 82.3 Å². The average molecular weight is 421 g/mol. The molecule has 1 heterocycles. The fraction of sp³-hybridized carbons (Fsp3) is 0.0909. The summed E-state index contributed by atoms with van der Waals surface area (Å²) in [6, 6.07) is 21.8. The highest BCUT2D eigenvalue weighted by Gasteiger charge is 2.22. The number of rotatable bonds is 3. The Labute approximate surface area is 166 Å². The van der Waals surface area contributed by atoms with Crippen LogP contribution in [0.5, 0.6) is 5.75 Å². The van der Waals surface area contributed by atoms with Crippen molar-refractivity contribution in [2.45, 2.75) is 0 Å². The molecule has 0 fully saturated rings. The highest BCUT2D eigenvalue weighted by molar-refractivity contribution is 9.10. The predicted molar refractivity (Wildman–Crippen MR) is 112 cm³/mol. The van der Waals surface area contributed by atoms with Gasteiger partial charge in [-0.3, -0.25) is 9.79 Å². The molecule has 5 heteroatoms. The third kappa shape index (κ3) is 3.38. The van der Waals surface area contributed by atoms with Crippen molar-refractivity contribution >= 4 is 33.2 Å². The second kappa shape index (κ2) is 7.37. The number of amides is 1. The summed E-state index contributed by atoms with van der Waals surface area (Å²) in [5.41, 5.74) is 5.28. The van der Waals surface area contributed by atoms with Crippen LogP contribution >= 0.6 is 15.9 Å². The van der Waals surface area contributed by atoms with Gasteiger partial charge in [-0.1, -0.05) is 64.5 Å². The van der Waals surface area contributed by atoms with Crippen LogP contribution in [0.4, 0.5) is 5.69 Å². The maximum absolute atomic E-state index is 12.2. The Balaban J connectivity index is 1.97. The zero-order valence-corrected chi connectivity index (χ0v) is 16.3. The van der Waals surface area contributed by atoms with E-state index in [0.29, 0.717) is 11.4 Å². The average Bonchev–Trinajstić information content (AvgIpc) is 2.86. The molecule has 4 rings (SSSR count). The van der Waals surface area contributed by atoms with Crippen LogP contribution in [0.25, 0.3) is 11.1 Å². The van der Waals surface area contributed by atoms with Gasteiger partial charge < -0.3 is 10.1 Å². The molecular formula is C22H17BrN2O2. The largest absolute Gasteiger partial charge is 0.496 e. The number of carbonyl (C=O) groups is 1. The minimum Gasteiger partial charge on any atom is -0.496 e. The summed E-state index contributed by atoms with van der Waals surface area (Å²) in [5.74, 6) is 0.557. The quantitative estimate of drug-likeness (QED) is 0.653. The van der Waals surface area contributed by atoms with Crippen molar-refractivity contribution in [1.82, 2.24) is 0 Å². The number of benzodiazepines with no additional fused rings is 1. The molecule has 0 atom stereocenters. The summed E-state index contributed by atoms with van der Waals surface area (Å²) in [4.78, 5) is 16.8. The number of halogens is 1. The van der Waals surface area contributed by atoms with E-state index < -0.39 is 0 Å². The Hall–Kier alpha value is -2.92. The van der Waals surface area contributed by atoms with Gasteiger partial charge in [0.05, 0.1) is 18.5 Å². The summed E-state index contributed by atoms with van der Waals surface area (Å²) < 4.78 is 6.54. The molecule has 1 aliphatic rings. The summed E-state index contributed by atoms with van der Waals surface area (Å²) in [7, 11) is 1.63. The van der Waals surface area contributed by atoms with Crippen LogP contribution in [0.3, 0.4) is 0 Å². The van der Waals surface area contributed by atoms with Crippen LogP contribution < -0.4 is 10.1 Å². The second-order valence-corrected chi connectivity index (χ2v) is 7.01. The van der Waals surface area contributed by atoms with E-state index in [4.69, 9.17) is 4.74 Å². The molecule has 0 aromatic heterocycles.